The van der Waals surface area contributed by atoms with Crippen LogP contribution in [0.15, 0.2) is 36.5 Å². The number of nitrogens with zero attached hydrogens (tertiary/aromatic N) is 3. The van der Waals surface area contributed by atoms with Crippen LogP contribution in [0.4, 0.5) is 9.18 Å². The molecule has 1 amide bonds. The van der Waals surface area contributed by atoms with Crippen LogP contribution in [0.2, 0.25) is 0 Å². The molecule has 6 nitrogen and oxygen atoms in total. The molecule has 170 valence electrons. The highest BCUT2D eigenvalue weighted by Gasteiger charge is 2.40. The zero-order valence-corrected chi connectivity index (χ0v) is 19.1. The van der Waals surface area contributed by atoms with E-state index in [1.165, 1.54) is 23.6 Å². The highest BCUT2D eigenvalue weighted by Crippen LogP contribution is 2.37. The van der Waals surface area contributed by atoms with E-state index in [-0.39, 0.29) is 17.6 Å². The minimum atomic E-state index is -0.636. The van der Waals surface area contributed by atoms with Gasteiger partial charge in [-0.25, -0.2) is 9.18 Å². The summed E-state index contributed by atoms with van der Waals surface area (Å²) in [5, 5.41) is 0. The fraction of sp³-hybridized carbons (Fsp3) is 0.480. The number of benzene rings is 1. The Bertz CT molecular complexity index is 1030. The molecule has 1 aromatic heterocycles. The van der Waals surface area contributed by atoms with E-state index >= 15 is 0 Å². The molecule has 2 aromatic rings. The first kappa shape index (κ1) is 22.4. The number of aromatic nitrogens is 1. The van der Waals surface area contributed by atoms with E-state index < -0.39 is 17.7 Å². The van der Waals surface area contributed by atoms with E-state index in [1.807, 2.05) is 32.9 Å². The van der Waals surface area contributed by atoms with Gasteiger partial charge in [-0.05, 0) is 63.3 Å². The molecule has 0 spiro atoms. The summed E-state index contributed by atoms with van der Waals surface area (Å²) in [6.45, 7) is 8.24. The first-order valence-corrected chi connectivity index (χ1v) is 11.1. The van der Waals surface area contributed by atoms with Crippen molar-refractivity contribution in [1.29, 1.82) is 0 Å². The van der Waals surface area contributed by atoms with Crippen LogP contribution in [-0.2, 0) is 22.4 Å². The van der Waals surface area contributed by atoms with Gasteiger partial charge in [0.25, 0.3) is 0 Å². The summed E-state index contributed by atoms with van der Waals surface area (Å²) in [4.78, 5) is 33.6. The van der Waals surface area contributed by atoms with Gasteiger partial charge >= 0.3 is 6.09 Å². The lowest BCUT2D eigenvalue weighted by Gasteiger charge is -2.43. The molecule has 7 heteroatoms. The second-order valence-electron chi connectivity index (χ2n) is 9.59. The van der Waals surface area contributed by atoms with Gasteiger partial charge in [-0.2, -0.15) is 0 Å². The largest absolute Gasteiger partial charge is 0.444 e. The van der Waals surface area contributed by atoms with Crippen LogP contribution >= 0.6 is 0 Å². The van der Waals surface area contributed by atoms with Crippen molar-refractivity contribution in [2.75, 3.05) is 19.6 Å². The van der Waals surface area contributed by atoms with Crippen molar-refractivity contribution >= 4 is 11.9 Å². The second-order valence-corrected chi connectivity index (χ2v) is 9.59. The molecule has 1 aromatic carbocycles. The summed E-state index contributed by atoms with van der Waals surface area (Å²) < 4.78 is 19.5. The molecular weight excluding hydrogens is 409 g/mol. The molecule has 4 rings (SSSR count). The Labute approximate surface area is 188 Å². The van der Waals surface area contributed by atoms with Crippen LogP contribution in [0.1, 0.15) is 56.1 Å². The Balaban J connectivity index is 1.70. The minimum Gasteiger partial charge on any atom is -0.444 e. The third kappa shape index (κ3) is 4.53. The molecule has 2 aliphatic rings. The van der Waals surface area contributed by atoms with Crippen LogP contribution in [-0.4, -0.2) is 57.9 Å². The zero-order valence-electron chi connectivity index (χ0n) is 19.1. The number of pyridine rings is 1. The van der Waals surface area contributed by atoms with Gasteiger partial charge in [0.2, 0.25) is 0 Å². The van der Waals surface area contributed by atoms with Crippen molar-refractivity contribution in [2.24, 2.45) is 0 Å². The van der Waals surface area contributed by atoms with Crippen molar-refractivity contribution in [3.8, 4) is 0 Å². The topological polar surface area (TPSA) is 62.7 Å². The van der Waals surface area contributed by atoms with Crippen molar-refractivity contribution in [3.63, 3.8) is 0 Å². The van der Waals surface area contributed by atoms with E-state index in [1.54, 1.807) is 6.07 Å². The van der Waals surface area contributed by atoms with Crippen LogP contribution in [0.25, 0.3) is 0 Å². The number of piperazine rings is 1. The van der Waals surface area contributed by atoms with Gasteiger partial charge in [0.05, 0.1) is 17.9 Å². The highest BCUT2D eigenvalue weighted by atomic mass is 19.1. The molecule has 1 unspecified atom stereocenters. The standard InChI is InChI=1S/C25H30FN3O3/c1-16(30)21-15-28(11-12-29(21)24(31)32-25(2,3)4)23-20-8-6-5-7-17(20)9-10-18-13-19(26)14-27-22(18)23/h5-8,13-14,21,23H,9-12,15H2,1-4H3/t21-,23?/m1/s1. The molecular formula is C25H30FN3O3. The summed E-state index contributed by atoms with van der Waals surface area (Å²) in [7, 11) is 0. The van der Waals surface area contributed by atoms with Crippen LogP contribution in [0, 0.1) is 5.82 Å². The van der Waals surface area contributed by atoms with Crippen LogP contribution in [0.5, 0.6) is 0 Å². The van der Waals surface area contributed by atoms with Crippen molar-refractivity contribution in [2.45, 2.75) is 58.2 Å². The first-order chi connectivity index (χ1) is 15.1. The molecule has 2 atom stereocenters. The molecule has 2 heterocycles. The summed E-state index contributed by atoms with van der Waals surface area (Å²) in [5.74, 6) is -0.431. The van der Waals surface area contributed by atoms with Crippen LogP contribution in [0.3, 0.4) is 0 Å². The maximum atomic E-state index is 14.0. The number of carbonyl (C=O) groups is 2. The second kappa shape index (κ2) is 8.62. The van der Waals surface area contributed by atoms with Crippen molar-refractivity contribution < 1.29 is 18.7 Å². The monoisotopic (exact) mass is 439 g/mol. The number of hydrogen-bond acceptors (Lipinski definition) is 5. The zero-order chi connectivity index (χ0) is 23.0. The Morgan fingerprint density at radius 1 is 1.12 bits per heavy atom. The lowest BCUT2D eigenvalue weighted by molar-refractivity contribution is -0.124. The summed E-state index contributed by atoms with van der Waals surface area (Å²) in [6, 6.07) is 8.96. The number of hydrogen-bond donors (Lipinski definition) is 0. The molecule has 1 fully saturated rings. The highest BCUT2D eigenvalue weighted by molar-refractivity contribution is 5.86. The van der Waals surface area contributed by atoms with Gasteiger partial charge < -0.3 is 4.74 Å². The molecule has 1 aliphatic heterocycles. The molecule has 0 radical (unpaired) electrons. The lowest BCUT2D eigenvalue weighted by Crippen LogP contribution is -2.59. The van der Waals surface area contributed by atoms with E-state index in [9.17, 15) is 14.0 Å². The SMILES string of the molecule is CC(=O)[C@H]1CN(C2c3ccccc3CCc3cc(F)cnc32)CCN1C(=O)OC(C)(C)C. The minimum absolute atomic E-state index is 0.0882. The molecule has 0 saturated carbocycles. The summed E-state index contributed by atoms with van der Waals surface area (Å²) >= 11 is 0. The van der Waals surface area contributed by atoms with Crippen molar-refractivity contribution in [1.82, 2.24) is 14.8 Å². The van der Waals surface area contributed by atoms with Gasteiger partial charge in [0.1, 0.15) is 17.5 Å². The number of ketones is 1. The molecule has 0 bridgehead atoms. The van der Waals surface area contributed by atoms with E-state index in [0.29, 0.717) is 26.1 Å². The van der Waals surface area contributed by atoms with Gasteiger partial charge in [0.15, 0.2) is 5.78 Å². The maximum Gasteiger partial charge on any atom is 0.410 e. The average molecular weight is 440 g/mol. The summed E-state index contributed by atoms with van der Waals surface area (Å²) in [6.07, 6.45) is 2.30. The lowest BCUT2D eigenvalue weighted by atomic mass is 9.95. The predicted octanol–water partition coefficient (Wildman–Crippen LogP) is 3.92. The Morgan fingerprint density at radius 3 is 2.56 bits per heavy atom. The van der Waals surface area contributed by atoms with Gasteiger partial charge in [0, 0.05) is 19.6 Å². The molecule has 1 saturated heterocycles. The summed E-state index contributed by atoms with van der Waals surface area (Å²) in [5.41, 5.74) is 3.40. The third-order valence-electron chi connectivity index (χ3n) is 6.11. The third-order valence-corrected chi connectivity index (χ3v) is 6.11. The first-order valence-electron chi connectivity index (χ1n) is 11.1. The van der Waals surface area contributed by atoms with Gasteiger partial charge in [-0.3, -0.25) is 19.6 Å². The Morgan fingerprint density at radius 2 is 1.84 bits per heavy atom. The molecule has 1 aliphatic carbocycles. The number of aryl methyl sites for hydroxylation is 2. The number of ether oxygens (including phenoxy) is 1. The van der Waals surface area contributed by atoms with Gasteiger partial charge in [-0.1, -0.05) is 24.3 Å². The van der Waals surface area contributed by atoms with Gasteiger partial charge in [-0.15, -0.1) is 0 Å². The number of fused-ring (bicyclic) bond motifs is 2. The molecule has 32 heavy (non-hydrogen) atoms. The molecule has 0 N–H and O–H groups in total. The smallest absolute Gasteiger partial charge is 0.410 e. The number of halogens is 1. The number of carbonyl (C=O) groups excluding carboxylic acids is 2. The van der Waals surface area contributed by atoms with Crippen LogP contribution < -0.4 is 0 Å². The average Bonchev–Trinajstić information content (AvgIpc) is 2.88. The van der Waals surface area contributed by atoms with E-state index in [4.69, 9.17) is 4.74 Å². The van der Waals surface area contributed by atoms with E-state index in [0.717, 1.165) is 23.2 Å². The number of amides is 1. The van der Waals surface area contributed by atoms with E-state index in [2.05, 4.69) is 22.0 Å². The number of rotatable bonds is 2. The normalized spacial score (nSPS) is 21.3. The quantitative estimate of drug-likeness (QED) is 0.710. The Kier molecular flexibility index (Phi) is 6.03. The fourth-order valence-electron chi connectivity index (χ4n) is 4.68. The number of Topliss-reactive ketones (excluding diaryl/α,β-unsaturated/α-hetero) is 1. The van der Waals surface area contributed by atoms with Crippen molar-refractivity contribution in [3.05, 3.63) is 64.7 Å². The maximum absolute atomic E-state index is 14.0. The Hall–Kier alpha value is -2.80. The fourth-order valence-corrected chi connectivity index (χ4v) is 4.68. The predicted molar refractivity (Wildman–Crippen MR) is 119 cm³/mol.